The zero-order valence-electron chi connectivity index (χ0n) is 29.6. The largest absolute Gasteiger partial charge is 0.344 e. The smallest absolute Gasteiger partial charge is 0.0494 e. The number of fused-ring (bicyclic) bond motifs is 3. The van der Waals surface area contributed by atoms with E-state index in [9.17, 15) is 0 Å². The summed E-state index contributed by atoms with van der Waals surface area (Å²) in [4.78, 5) is 4.51. The van der Waals surface area contributed by atoms with Crippen LogP contribution < -0.4 is 9.80 Å². The molecule has 0 aliphatic rings. The molecule has 0 atom stereocenters. The molecule has 0 fully saturated rings. The van der Waals surface area contributed by atoms with Crippen molar-refractivity contribution < 1.29 is 0 Å². The molecule has 0 saturated carbocycles. The number of hydrogen-bond donors (Lipinski definition) is 0. The third-order valence-corrected chi connectivity index (χ3v) is 9.98. The lowest BCUT2D eigenvalue weighted by Gasteiger charge is -2.26. The second kappa shape index (κ2) is 14.3. The van der Waals surface area contributed by atoms with E-state index >= 15 is 0 Å². The summed E-state index contributed by atoms with van der Waals surface area (Å²) in [6, 6.07) is 64.9. The normalized spacial score (nSPS) is 11.3. The minimum absolute atomic E-state index is 0.886. The first-order valence-corrected chi connectivity index (χ1v) is 17.8. The fourth-order valence-electron chi connectivity index (χ4n) is 7.08. The van der Waals surface area contributed by atoms with Gasteiger partial charge in [-0.05, 0) is 105 Å². The summed E-state index contributed by atoms with van der Waals surface area (Å²) in [7, 11) is 2.15. The third kappa shape index (κ3) is 6.51. The van der Waals surface area contributed by atoms with E-state index in [1.807, 2.05) is 0 Å². The quantitative estimate of drug-likeness (QED) is 0.112. The molecular formula is C50H40N2. The Morgan fingerprint density at radius 3 is 1.58 bits per heavy atom. The predicted octanol–water partition coefficient (Wildman–Crippen LogP) is 13.8. The Morgan fingerprint density at radius 2 is 0.962 bits per heavy atom. The molecule has 0 saturated heterocycles. The van der Waals surface area contributed by atoms with Gasteiger partial charge < -0.3 is 9.80 Å². The average Bonchev–Trinajstić information content (AvgIpc) is 3.21. The van der Waals surface area contributed by atoms with Crippen molar-refractivity contribution in [1.82, 2.24) is 0 Å². The molecule has 0 aliphatic heterocycles. The van der Waals surface area contributed by atoms with E-state index in [4.69, 9.17) is 0 Å². The van der Waals surface area contributed by atoms with Crippen molar-refractivity contribution in [3.05, 3.63) is 211 Å². The highest BCUT2D eigenvalue weighted by molar-refractivity contribution is 6.13. The maximum absolute atomic E-state index is 4.53. The molecule has 8 aromatic rings. The molecule has 0 heterocycles. The van der Waals surface area contributed by atoms with Crippen LogP contribution in [0.25, 0.3) is 49.9 Å². The van der Waals surface area contributed by atoms with Crippen molar-refractivity contribution in [3.63, 3.8) is 0 Å². The average molecular weight is 669 g/mol. The van der Waals surface area contributed by atoms with E-state index in [1.54, 1.807) is 0 Å². The number of hydrogen-bond acceptors (Lipinski definition) is 2. The van der Waals surface area contributed by atoms with Crippen LogP contribution in [0.2, 0.25) is 0 Å². The lowest BCUT2D eigenvalue weighted by Crippen LogP contribution is -2.14. The Morgan fingerprint density at radius 1 is 0.481 bits per heavy atom. The first kappa shape index (κ1) is 32.6. The second-order valence-electron chi connectivity index (χ2n) is 13.2. The van der Waals surface area contributed by atoms with Crippen molar-refractivity contribution in [2.75, 3.05) is 16.8 Å². The summed E-state index contributed by atoms with van der Waals surface area (Å²) in [5.41, 5.74) is 12.5. The van der Waals surface area contributed by atoms with E-state index in [1.165, 1.54) is 55.0 Å². The number of anilines is 4. The Labute approximate surface area is 306 Å². The molecule has 8 rings (SSSR count). The molecule has 0 unspecified atom stereocenters. The van der Waals surface area contributed by atoms with Gasteiger partial charge in [-0.1, -0.05) is 152 Å². The van der Waals surface area contributed by atoms with E-state index in [2.05, 4.69) is 224 Å². The maximum atomic E-state index is 4.53. The van der Waals surface area contributed by atoms with Gasteiger partial charge in [-0.3, -0.25) is 0 Å². The van der Waals surface area contributed by atoms with Gasteiger partial charge in [-0.2, -0.15) is 0 Å². The van der Waals surface area contributed by atoms with Gasteiger partial charge in [0.05, 0.1) is 0 Å². The van der Waals surface area contributed by atoms with Crippen LogP contribution in [0.5, 0.6) is 0 Å². The van der Waals surface area contributed by atoms with Crippen LogP contribution in [0.15, 0.2) is 200 Å². The van der Waals surface area contributed by atoms with Crippen LogP contribution in [0.3, 0.4) is 0 Å². The Balaban J connectivity index is 1.08. The van der Waals surface area contributed by atoms with Crippen molar-refractivity contribution in [3.8, 4) is 22.3 Å². The van der Waals surface area contributed by atoms with Gasteiger partial charge in [0.15, 0.2) is 0 Å². The van der Waals surface area contributed by atoms with Crippen molar-refractivity contribution in [1.29, 1.82) is 0 Å². The fraction of sp³-hybridized carbons (Fsp3) is 0.0400. The molecule has 8 aromatic carbocycles. The van der Waals surface area contributed by atoms with Gasteiger partial charge in [0, 0.05) is 40.9 Å². The molecule has 2 heteroatoms. The van der Waals surface area contributed by atoms with Crippen LogP contribution >= 0.6 is 0 Å². The summed E-state index contributed by atoms with van der Waals surface area (Å²) < 4.78 is 0. The first-order chi connectivity index (χ1) is 25.5. The molecule has 0 radical (unpaired) electrons. The molecule has 0 aromatic heterocycles. The van der Waals surface area contributed by atoms with Gasteiger partial charge in [-0.25, -0.2) is 0 Å². The summed E-state index contributed by atoms with van der Waals surface area (Å²) in [6.45, 7) is 6.67. The molecular weight excluding hydrogens is 629 g/mol. The standard InChI is InChI=1S/C50H40N2/c1-36-13-7-8-14-38(36)22-21-37(2)52(45-31-25-40(26-32-45)39-15-5-4-6-16-39)46-33-27-42(28-34-46)41-23-29-44(30-24-41)51(3)50-35-43-17-9-10-18-47(43)48-19-11-12-20-49(48)50/h4-35H,2H2,1,3H3/b22-21-. The van der Waals surface area contributed by atoms with Gasteiger partial charge in [0.1, 0.15) is 0 Å². The summed E-state index contributed by atoms with van der Waals surface area (Å²) in [6.07, 6.45) is 4.26. The van der Waals surface area contributed by atoms with Crippen LogP contribution in [-0.2, 0) is 0 Å². The van der Waals surface area contributed by atoms with Gasteiger partial charge in [0.25, 0.3) is 0 Å². The maximum Gasteiger partial charge on any atom is 0.0494 e. The third-order valence-electron chi connectivity index (χ3n) is 9.98. The van der Waals surface area contributed by atoms with Crippen molar-refractivity contribution >= 4 is 50.4 Å². The Bertz CT molecular complexity index is 2530. The van der Waals surface area contributed by atoms with E-state index in [0.29, 0.717) is 0 Å². The highest BCUT2D eigenvalue weighted by Crippen LogP contribution is 2.38. The summed E-state index contributed by atoms with van der Waals surface area (Å²) in [5.74, 6) is 0. The van der Waals surface area contributed by atoms with Gasteiger partial charge >= 0.3 is 0 Å². The lowest BCUT2D eigenvalue weighted by molar-refractivity contribution is 1.22. The number of aryl methyl sites for hydroxylation is 1. The summed E-state index contributed by atoms with van der Waals surface area (Å²) >= 11 is 0. The zero-order valence-corrected chi connectivity index (χ0v) is 29.6. The van der Waals surface area contributed by atoms with Crippen LogP contribution in [0.1, 0.15) is 11.1 Å². The Hall–Kier alpha value is -6.64. The number of nitrogens with zero attached hydrogens (tertiary/aromatic N) is 2. The Kier molecular flexibility index (Phi) is 8.96. The van der Waals surface area contributed by atoms with E-state index in [0.717, 1.165) is 28.3 Å². The molecule has 0 spiro atoms. The number of allylic oxidation sites excluding steroid dienone is 1. The minimum Gasteiger partial charge on any atom is -0.344 e. The molecule has 0 N–H and O–H groups in total. The number of benzene rings is 8. The molecule has 0 bridgehead atoms. The fourth-order valence-corrected chi connectivity index (χ4v) is 7.08. The molecule has 2 nitrogen and oxygen atoms in total. The summed E-state index contributed by atoms with van der Waals surface area (Å²) in [5, 5.41) is 5.05. The molecule has 0 amide bonds. The topological polar surface area (TPSA) is 6.48 Å². The second-order valence-corrected chi connectivity index (χ2v) is 13.2. The van der Waals surface area contributed by atoms with Crippen LogP contribution in [0.4, 0.5) is 22.7 Å². The molecule has 250 valence electrons. The molecule has 52 heavy (non-hydrogen) atoms. The minimum atomic E-state index is 0.886. The first-order valence-electron chi connectivity index (χ1n) is 17.8. The monoisotopic (exact) mass is 668 g/mol. The van der Waals surface area contributed by atoms with Crippen LogP contribution in [-0.4, -0.2) is 7.05 Å². The van der Waals surface area contributed by atoms with Crippen molar-refractivity contribution in [2.24, 2.45) is 0 Å². The van der Waals surface area contributed by atoms with Crippen molar-refractivity contribution in [2.45, 2.75) is 6.92 Å². The predicted molar refractivity (Wildman–Crippen MR) is 225 cm³/mol. The van der Waals surface area contributed by atoms with Gasteiger partial charge in [-0.15, -0.1) is 0 Å². The van der Waals surface area contributed by atoms with E-state index < -0.39 is 0 Å². The number of rotatable bonds is 9. The van der Waals surface area contributed by atoms with Gasteiger partial charge in [0.2, 0.25) is 0 Å². The van der Waals surface area contributed by atoms with E-state index in [-0.39, 0.29) is 0 Å². The zero-order chi connectivity index (χ0) is 35.4. The molecule has 0 aliphatic carbocycles. The SMILES string of the molecule is C=C(/C=C\c1ccccc1C)N(c1ccc(-c2ccccc2)cc1)c1ccc(-c2ccc(N(C)c3cc4ccccc4c4ccccc34)cc2)cc1. The van der Waals surface area contributed by atoms with Crippen LogP contribution in [0, 0.1) is 6.92 Å². The highest BCUT2D eigenvalue weighted by Gasteiger charge is 2.14. The highest BCUT2D eigenvalue weighted by atomic mass is 15.1. The lowest BCUT2D eigenvalue weighted by atomic mass is 9.99.